The number of carboxylic acids is 1. The lowest BCUT2D eigenvalue weighted by Gasteiger charge is -2.23. The van der Waals surface area contributed by atoms with Crippen molar-refractivity contribution in [2.24, 2.45) is 5.92 Å². The third-order valence-corrected chi connectivity index (χ3v) is 6.86. The van der Waals surface area contributed by atoms with Crippen LogP contribution in [0.3, 0.4) is 0 Å². The fourth-order valence-corrected chi connectivity index (χ4v) is 4.90. The molecule has 1 aliphatic heterocycles. The first-order valence-electron chi connectivity index (χ1n) is 9.57. The number of sulfonamides is 1. The van der Waals surface area contributed by atoms with Crippen LogP contribution in [-0.4, -0.2) is 60.9 Å². The SMILES string of the molecule is COc1ccc(C)cc1CC1CNC(=O)CN(S(=O)(=O)c2ccc(C(=O)O)c(O)c2)C1=O. The number of carbonyl (C=O) groups excluding carboxylic acids is 2. The number of phenols is 1. The van der Waals surface area contributed by atoms with Crippen molar-refractivity contribution in [2.45, 2.75) is 18.2 Å². The van der Waals surface area contributed by atoms with Gasteiger partial charge in [0.2, 0.25) is 11.8 Å². The molecular formula is C21H22N2O8S. The van der Waals surface area contributed by atoms with E-state index >= 15 is 0 Å². The Morgan fingerprint density at radius 3 is 2.56 bits per heavy atom. The number of aryl methyl sites for hydroxylation is 1. The van der Waals surface area contributed by atoms with Gasteiger partial charge in [-0.2, -0.15) is 0 Å². The van der Waals surface area contributed by atoms with Gasteiger partial charge in [-0.15, -0.1) is 0 Å². The van der Waals surface area contributed by atoms with E-state index in [-0.39, 0.29) is 13.0 Å². The molecule has 170 valence electrons. The van der Waals surface area contributed by atoms with Crippen molar-refractivity contribution in [3.8, 4) is 11.5 Å². The van der Waals surface area contributed by atoms with Gasteiger partial charge in [-0.3, -0.25) is 9.59 Å². The van der Waals surface area contributed by atoms with Crippen molar-refractivity contribution in [1.29, 1.82) is 0 Å². The molecule has 11 heteroatoms. The molecule has 0 saturated carbocycles. The number of aromatic carboxylic acids is 1. The molecule has 32 heavy (non-hydrogen) atoms. The molecular weight excluding hydrogens is 440 g/mol. The first-order valence-corrected chi connectivity index (χ1v) is 11.0. The highest BCUT2D eigenvalue weighted by Gasteiger charge is 2.38. The Morgan fingerprint density at radius 1 is 1.22 bits per heavy atom. The van der Waals surface area contributed by atoms with Gasteiger partial charge in [0.1, 0.15) is 23.6 Å². The number of ether oxygens (including phenoxy) is 1. The summed E-state index contributed by atoms with van der Waals surface area (Å²) >= 11 is 0. The molecule has 1 atom stereocenters. The van der Waals surface area contributed by atoms with Crippen molar-refractivity contribution in [2.75, 3.05) is 20.2 Å². The van der Waals surface area contributed by atoms with Crippen LogP contribution in [0, 0.1) is 12.8 Å². The van der Waals surface area contributed by atoms with E-state index in [1.807, 2.05) is 19.1 Å². The molecule has 0 aromatic heterocycles. The predicted octanol–water partition coefficient (Wildman–Crippen LogP) is 0.913. The van der Waals surface area contributed by atoms with Crippen molar-refractivity contribution in [3.05, 3.63) is 53.1 Å². The maximum atomic E-state index is 13.2. The number of methoxy groups -OCH3 is 1. The Balaban J connectivity index is 1.98. The first-order chi connectivity index (χ1) is 15.0. The van der Waals surface area contributed by atoms with E-state index in [1.165, 1.54) is 7.11 Å². The summed E-state index contributed by atoms with van der Waals surface area (Å²) in [6, 6.07) is 8.03. The number of aromatic hydroxyl groups is 1. The Hall–Kier alpha value is -3.60. The molecule has 3 N–H and O–H groups in total. The number of benzene rings is 2. The summed E-state index contributed by atoms with van der Waals surface area (Å²) in [5, 5.41) is 21.5. The van der Waals surface area contributed by atoms with E-state index in [1.54, 1.807) is 6.07 Å². The summed E-state index contributed by atoms with van der Waals surface area (Å²) in [7, 11) is -3.06. The van der Waals surface area contributed by atoms with E-state index in [2.05, 4.69) is 5.32 Å². The number of rotatable bonds is 6. The van der Waals surface area contributed by atoms with Crippen LogP contribution in [0.2, 0.25) is 0 Å². The normalized spacial score (nSPS) is 16.9. The van der Waals surface area contributed by atoms with Gasteiger partial charge in [0.05, 0.1) is 17.9 Å². The molecule has 1 heterocycles. The van der Waals surface area contributed by atoms with Crippen LogP contribution in [0.4, 0.5) is 0 Å². The number of nitrogens with one attached hydrogen (secondary N) is 1. The quantitative estimate of drug-likeness (QED) is 0.573. The molecule has 2 aromatic rings. The number of amides is 2. The Morgan fingerprint density at radius 2 is 1.94 bits per heavy atom. The Bertz CT molecular complexity index is 1190. The molecule has 0 aliphatic carbocycles. The maximum Gasteiger partial charge on any atom is 0.339 e. The molecule has 1 fully saturated rings. The molecule has 0 spiro atoms. The van der Waals surface area contributed by atoms with Crippen LogP contribution < -0.4 is 10.1 Å². The Labute approximate surface area is 184 Å². The molecule has 0 bridgehead atoms. The minimum atomic E-state index is -4.54. The maximum absolute atomic E-state index is 13.2. The summed E-state index contributed by atoms with van der Waals surface area (Å²) in [5.74, 6) is -4.03. The zero-order valence-corrected chi connectivity index (χ0v) is 18.2. The van der Waals surface area contributed by atoms with Crippen LogP contribution in [0.5, 0.6) is 11.5 Å². The van der Waals surface area contributed by atoms with Crippen LogP contribution in [0.1, 0.15) is 21.5 Å². The van der Waals surface area contributed by atoms with E-state index in [4.69, 9.17) is 9.84 Å². The lowest BCUT2D eigenvalue weighted by atomic mass is 9.96. The summed E-state index contributed by atoms with van der Waals surface area (Å²) in [6.45, 7) is 1.07. The minimum absolute atomic E-state index is 0.0655. The zero-order valence-electron chi connectivity index (χ0n) is 17.4. The van der Waals surface area contributed by atoms with Crippen LogP contribution in [-0.2, 0) is 26.0 Å². The van der Waals surface area contributed by atoms with Crippen LogP contribution in [0.15, 0.2) is 41.3 Å². The predicted molar refractivity (Wildman–Crippen MR) is 112 cm³/mol. The molecule has 2 aromatic carbocycles. The van der Waals surface area contributed by atoms with Crippen molar-refractivity contribution < 1.29 is 37.8 Å². The van der Waals surface area contributed by atoms with E-state index in [9.17, 15) is 27.9 Å². The minimum Gasteiger partial charge on any atom is -0.507 e. The largest absolute Gasteiger partial charge is 0.507 e. The number of nitrogens with zero attached hydrogens (tertiary/aromatic N) is 1. The highest BCUT2D eigenvalue weighted by molar-refractivity contribution is 7.89. The Kier molecular flexibility index (Phi) is 6.40. The average Bonchev–Trinajstić information content (AvgIpc) is 2.87. The summed E-state index contributed by atoms with van der Waals surface area (Å²) < 4.78 is 32.1. The number of carboxylic acid groups (broad SMARTS) is 1. The van der Waals surface area contributed by atoms with Gasteiger partial charge in [0.15, 0.2) is 0 Å². The fraction of sp³-hybridized carbons (Fsp3) is 0.286. The third-order valence-electron chi connectivity index (χ3n) is 5.12. The van der Waals surface area contributed by atoms with E-state index in [0.717, 1.165) is 23.8 Å². The first kappa shape index (κ1) is 23.1. The van der Waals surface area contributed by atoms with Gasteiger partial charge >= 0.3 is 5.97 Å². The molecule has 2 amide bonds. The van der Waals surface area contributed by atoms with Crippen molar-refractivity contribution >= 4 is 27.8 Å². The second-order valence-electron chi connectivity index (χ2n) is 7.35. The smallest absolute Gasteiger partial charge is 0.339 e. The molecule has 3 rings (SSSR count). The van der Waals surface area contributed by atoms with Crippen molar-refractivity contribution in [3.63, 3.8) is 0 Å². The molecule has 1 unspecified atom stereocenters. The fourth-order valence-electron chi connectivity index (χ4n) is 3.47. The van der Waals surface area contributed by atoms with Crippen LogP contribution in [0.25, 0.3) is 0 Å². The van der Waals surface area contributed by atoms with Crippen molar-refractivity contribution in [1.82, 2.24) is 9.62 Å². The monoisotopic (exact) mass is 462 g/mol. The van der Waals surface area contributed by atoms with Gasteiger partial charge in [0, 0.05) is 12.6 Å². The number of hydrogen-bond acceptors (Lipinski definition) is 7. The standard InChI is InChI=1S/C21H22N2O8S/c1-12-3-6-18(31-2)13(7-12)8-14-10-22-19(25)11-23(20(14)26)32(29,30)15-4-5-16(21(27)28)17(24)9-15/h3-7,9,14,24H,8,10-11H2,1-2H3,(H,22,25)(H,27,28). The van der Waals surface area contributed by atoms with Gasteiger partial charge in [-0.1, -0.05) is 17.7 Å². The van der Waals surface area contributed by atoms with Gasteiger partial charge in [-0.05, 0) is 37.1 Å². The summed E-state index contributed by atoms with van der Waals surface area (Å²) in [4.78, 5) is 36.0. The second-order valence-corrected chi connectivity index (χ2v) is 9.22. The average molecular weight is 462 g/mol. The molecule has 1 saturated heterocycles. The van der Waals surface area contributed by atoms with E-state index < -0.39 is 56.5 Å². The van der Waals surface area contributed by atoms with Gasteiger partial charge < -0.3 is 20.3 Å². The summed E-state index contributed by atoms with van der Waals surface area (Å²) in [6.07, 6.45) is 0.124. The highest BCUT2D eigenvalue weighted by atomic mass is 32.2. The molecule has 10 nitrogen and oxygen atoms in total. The van der Waals surface area contributed by atoms with Crippen LogP contribution >= 0.6 is 0 Å². The van der Waals surface area contributed by atoms with Gasteiger partial charge in [0.25, 0.3) is 10.0 Å². The number of carbonyl (C=O) groups is 3. The lowest BCUT2D eigenvalue weighted by Crippen LogP contribution is -2.42. The third kappa shape index (κ3) is 4.52. The molecule has 1 aliphatic rings. The summed E-state index contributed by atoms with van der Waals surface area (Å²) in [5.41, 5.74) is 1.11. The highest BCUT2D eigenvalue weighted by Crippen LogP contribution is 2.28. The second kappa shape index (κ2) is 8.87. The van der Waals surface area contributed by atoms with E-state index in [0.29, 0.717) is 15.6 Å². The lowest BCUT2D eigenvalue weighted by molar-refractivity contribution is -0.131. The zero-order chi connectivity index (χ0) is 23.6. The topological polar surface area (TPSA) is 150 Å². The van der Waals surface area contributed by atoms with Gasteiger partial charge in [-0.25, -0.2) is 17.5 Å². The number of hydrogen-bond donors (Lipinski definition) is 3. The molecule has 0 radical (unpaired) electrons.